The summed E-state index contributed by atoms with van der Waals surface area (Å²) in [7, 11) is 0. The lowest BCUT2D eigenvalue weighted by molar-refractivity contribution is -0.379. The van der Waals surface area contributed by atoms with Gasteiger partial charge in [-0.3, -0.25) is 4.79 Å². The zero-order chi connectivity index (χ0) is 68.2. The Morgan fingerprint density at radius 3 is 1.19 bits per heavy atom. The summed E-state index contributed by atoms with van der Waals surface area (Å²) < 4.78 is 34.3. The van der Waals surface area contributed by atoms with Crippen molar-refractivity contribution in [2.75, 3.05) is 26.4 Å². The summed E-state index contributed by atoms with van der Waals surface area (Å²) >= 11 is 0. The van der Waals surface area contributed by atoms with Gasteiger partial charge < -0.3 is 89.9 Å². The van der Waals surface area contributed by atoms with Crippen LogP contribution in [0.1, 0.15) is 213 Å². The van der Waals surface area contributed by atoms with Crippen LogP contribution in [-0.4, -0.2) is 193 Å². The highest BCUT2D eigenvalue weighted by Crippen LogP contribution is 2.33. The quantitative estimate of drug-likeness (QED) is 0.0199. The molecule has 0 radical (unpaired) electrons. The summed E-state index contributed by atoms with van der Waals surface area (Å²) in [6.07, 6.45) is 48.9. The lowest BCUT2D eigenvalue weighted by Crippen LogP contribution is -2.66. The van der Waals surface area contributed by atoms with Gasteiger partial charge in [0.1, 0.15) is 73.2 Å². The number of ether oxygens (including phenoxy) is 6. The van der Waals surface area contributed by atoms with E-state index >= 15 is 0 Å². The minimum Gasteiger partial charge on any atom is -0.394 e. The molecule has 3 saturated heterocycles. The molecule has 17 unspecified atom stereocenters. The van der Waals surface area contributed by atoms with Crippen molar-refractivity contribution in [3.05, 3.63) is 122 Å². The molecule has 3 aliphatic rings. The van der Waals surface area contributed by atoms with E-state index in [0.717, 1.165) is 116 Å². The summed E-state index contributed by atoms with van der Waals surface area (Å²) in [5.74, 6) is -0.300. The molecule has 3 rings (SSSR count). The molecule has 0 aromatic carbocycles. The van der Waals surface area contributed by atoms with E-state index in [4.69, 9.17) is 28.4 Å². The van der Waals surface area contributed by atoms with Gasteiger partial charge >= 0.3 is 0 Å². The van der Waals surface area contributed by atoms with Crippen molar-refractivity contribution in [2.45, 2.75) is 317 Å². The van der Waals surface area contributed by atoms with Gasteiger partial charge in [0.15, 0.2) is 18.9 Å². The number of hydrogen-bond acceptors (Lipinski definition) is 18. The van der Waals surface area contributed by atoms with Crippen molar-refractivity contribution >= 4 is 5.91 Å². The summed E-state index contributed by atoms with van der Waals surface area (Å²) in [6.45, 7) is 1.57. The van der Waals surface area contributed by atoms with E-state index in [1.807, 2.05) is 6.08 Å². The van der Waals surface area contributed by atoms with E-state index in [-0.39, 0.29) is 18.9 Å². The second-order valence-corrected chi connectivity index (χ2v) is 25.0. The molecule has 3 aliphatic heterocycles. The van der Waals surface area contributed by atoms with E-state index in [0.29, 0.717) is 12.8 Å². The third-order valence-corrected chi connectivity index (χ3v) is 17.0. The molecule has 1 amide bonds. The standard InChI is InChI=1S/C75H125NO18/c1-3-5-7-9-11-13-15-17-19-21-22-23-24-25-26-27-28-29-30-31-32-33-34-35-36-37-39-41-43-45-47-49-51-53-63(81)76-58(59(80)52-50-48-46-44-42-40-38-20-18-16-14-12-10-8-6-4-2)57-89-73-69(87)66(84)71(61(55-78)91-73)94-75-70(88)67(85)72(62(56-79)92-75)93-74-68(86)65(83)64(82)60(54-77)90-74/h5,7,11,13,17,19,22-23,25-26,28-29,31-32,34-35,42,44,50,52,58-62,64-75,77-80,82-88H,3-4,6,8-10,12,14-16,18,20-21,24,27,30,33,36-41,43,45-49,51,53-57H2,1-2H3,(H,76,81)/b7-5-,13-11-,19-17-,23-22-,26-25-,29-28-,32-31-,35-34-,44-42+,52-50+. The Morgan fingerprint density at radius 2 is 0.745 bits per heavy atom. The minimum absolute atomic E-state index is 0.217. The number of hydrogen-bond donors (Lipinski definition) is 12. The van der Waals surface area contributed by atoms with Gasteiger partial charge in [-0.1, -0.05) is 232 Å². The Kier molecular flexibility index (Phi) is 49.5. The van der Waals surface area contributed by atoms with Crippen LogP contribution in [0.15, 0.2) is 122 Å². The van der Waals surface area contributed by atoms with E-state index in [2.05, 4.69) is 129 Å². The molecule has 19 heteroatoms. The van der Waals surface area contributed by atoms with Crippen LogP contribution in [0.25, 0.3) is 0 Å². The van der Waals surface area contributed by atoms with Crippen LogP contribution in [0.2, 0.25) is 0 Å². The molecule has 12 N–H and O–H groups in total. The fraction of sp³-hybridized carbons (Fsp3) is 0.720. The van der Waals surface area contributed by atoms with Crippen molar-refractivity contribution < 1.29 is 89.4 Å². The first-order valence-corrected chi connectivity index (χ1v) is 35.8. The molecule has 538 valence electrons. The van der Waals surface area contributed by atoms with Crippen LogP contribution in [0.4, 0.5) is 0 Å². The first kappa shape index (κ1) is 84.4. The highest BCUT2D eigenvalue weighted by atomic mass is 16.8. The molecule has 17 atom stereocenters. The summed E-state index contributed by atoms with van der Waals surface area (Å²) in [4.78, 5) is 13.4. The summed E-state index contributed by atoms with van der Waals surface area (Å²) in [6, 6.07) is -1.00. The van der Waals surface area contributed by atoms with Gasteiger partial charge in [0, 0.05) is 6.42 Å². The number of unbranched alkanes of at least 4 members (excludes halogenated alkanes) is 19. The Bertz CT molecular complexity index is 2180. The average molecular weight is 1330 g/mol. The smallest absolute Gasteiger partial charge is 0.220 e. The Balaban J connectivity index is 1.41. The van der Waals surface area contributed by atoms with Gasteiger partial charge in [0.25, 0.3) is 0 Å². The fourth-order valence-electron chi connectivity index (χ4n) is 11.2. The molecule has 3 heterocycles. The maximum atomic E-state index is 13.4. The summed E-state index contributed by atoms with van der Waals surface area (Å²) in [5, 5.41) is 120. The van der Waals surface area contributed by atoms with Crippen LogP contribution >= 0.6 is 0 Å². The molecule has 0 bridgehead atoms. The summed E-state index contributed by atoms with van der Waals surface area (Å²) in [5.41, 5.74) is 0. The maximum Gasteiger partial charge on any atom is 0.220 e. The van der Waals surface area contributed by atoms with Crippen molar-refractivity contribution in [2.24, 2.45) is 0 Å². The first-order valence-electron chi connectivity index (χ1n) is 35.8. The average Bonchev–Trinajstić information content (AvgIpc) is 0.787. The zero-order valence-corrected chi connectivity index (χ0v) is 56.9. The minimum atomic E-state index is -1.99. The largest absolute Gasteiger partial charge is 0.394 e. The molecule has 0 aliphatic carbocycles. The highest BCUT2D eigenvalue weighted by Gasteiger charge is 2.53. The molecule has 19 nitrogen and oxygen atoms in total. The Morgan fingerprint density at radius 1 is 0.394 bits per heavy atom. The van der Waals surface area contributed by atoms with Crippen LogP contribution < -0.4 is 5.32 Å². The van der Waals surface area contributed by atoms with Crippen molar-refractivity contribution in [1.82, 2.24) is 5.32 Å². The SMILES string of the molecule is CC/C=C\C/C=C\C/C=C\C/C=C\C/C=C\C/C=C\C/C=C\C/C=C\CCCCCCCCCCC(=O)NC(COC1OC(CO)C(OC2OC(CO)C(OC3OC(CO)C(O)C(O)C3O)C(O)C2O)C(O)C1O)C(O)/C=C/CC/C=C/CCCCCCCCCCCC. The van der Waals surface area contributed by atoms with E-state index in [1.165, 1.54) is 64.2 Å². The fourth-order valence-corrected chi connectivity index (χ4v) is 11.2. The predicted octanol–water partition coefficient (Wildman–Crippen LogP) is 9.99. The van der Waals surface area contributed by atoms with Crippen LogP contribution in [-0.2, 0) is 33.2 Å². The number of aliphatic hydroxyl groups excluding tert-OH is 11. The normalized spacial score (nSPS) is 28.1. The highest BCUT2D eigenvalue weighted by molar-refractivity contribution is 5.76. The van der Waals surface area contributed by atoms with E-state index < -0.39 is 124 Å². The predicted molar refractivity (Wildman–Crippen MR) is 369 cm³/mol. The molecule has 0 spiro atoms. The lowest BCUT2D eigenvalue weighted by atomic mass is 9.96. The number of carbonyl (C=O) groups is 1. The Labute approximate surface area is 563 Å². The van der Waals surface area contributed by atoms with E-state index in [1.54, 1.807) is 6.08 Å². The van der Waals surface area contributed by atoms with E-state index in [9.17, 15) is 61.0 Å². The molecule has 3 fully saturated rings. The van der Waals surface area contributed by atoms with Crippen molar-refractivity contribution in [1.29, 1.82) is 0 Å². The lowest BCUT2D eigenvalue weighted by Gasteiger charge is -2.48. The van der Waals surface area contributed by atoms with Gasteiger partial charge in [-0.25, -0.2) is 0 Å². The third-order valence-electron chi connectivity index (χ3n) is 17.0. The molecular formula is C75H125NO18. The number of amides is 1. The van der Waals surface area contributed by atoms with Gasteiger partial charge in [0.2, 0.25) is 5.91 Å². The van der Waals surface area contributed by atoms with Gasteiger partial charge in [0.05, 0.1) is 38.6 Å². The van der Waals surface area contributed by atoms with Crippen LogP contribution in [0.5, 0.6) is 0 Å². The molecule has 94 heavy (non-hydrogen) atoms. The third kappa shape index (κ3) is 36.1. The van der Waals surface area contributed by atoms with Crippen LogP contribution in [0.3, 0.4) is 0 Å². The van der Waals surface area contributed by atoms with Crippen molar-refractivity contribution in [3.63, 3.8) is 0 Å². The number of rotatable bonds is 53. The van der Waals surface area contributed by atoms with Gasteiger partial charge in [-0.05, 0) is 96.3 Å². The van der Waals surface area contributed by atoms with Crippen molar-refractivity contribution in [3.8, 4) is 0 Å². The molecule has 0 aromatic rings. The maximum absolute atomic E-state index is 13.4. The van der Waals surface area contributed by atoms with Gasteiger partial charge in [-0.15, -0.1) is 0 Å². The molecular weight excluding hydrogens is 1200 g/mol. The molecule has 0 saturated carbocycles. The monoisotopic (exact) mass is 1330 g/mol. The van der Waals surface area contributed by atoms with Crippen LogP contribution in [0, 0.1) is 0 Å². The zero-order valence-electron chi connectivity index (χ0n) is 56.9. The first-order chi connectivity index (χ1) is 45.8. The number of nitrogens with one attached hydrogen (secondary N) is 1. The number of aliphatic hydroxyl groups is 11. The topological polar surface area (TPSA) is 307 Å². The second-order valence-electron chi connectivity index (χ2n) is 25.0. The number of allylic oxidation sites excluding steroid dienone is 19. The second kappa shape index (κ2) is 55.1. The Hall–Kier alpha value is -3.81. The van der Waals surface area contributed by atoms with Gasteiger partial charge in [-0.2, -0.15) is 0 Å². The molecule has 0 aromatic heterocycles. The number of carbonyl (C=O) groups excluding carboxylic acids is 1.